The summed E-state index contributed by atoms with van der Waals surface area (Å²) < 4.78 is 1.94. The van der Waals surface area contributed by atoms with Gasteiger partial charge in [-0.1, -0.05) is 36.2 Å². The van der Waals surface area contributed by atoms with Gasteiger partial charge in [0.2, 0.25) is 0 Å². The maximum atomic E-state index is 10.3. The van der Waals surface area contributed by atoms with Gasteiger partial charge in [-0.05, 0) is 37.1 Å². The van der Waals surface area contributed by atoms with E-state index in [9.17, 15) is 5.11 Å². The molecule has 1 aromatic carbocycles. The summed E-state index contributed by atoms with van der Waals surface area (Å²) in [6, 6.07) is 7.45. The van der Waals surface area contributed by atoms with Crippen molar-refractivity contribution in [2.75, 3.05) is 0 Å². The van der Waals surface area contributed by atoms with Crippen molar-refractivity contribution in [3.05, 3.63) is 51.3 Å². The smallest absolute Gasteiger partial charge is 0.0636 e. The zero-order valence-electron chi connectivity index (χ0n) is 12.3. The summed E-state index contributed by atoms with van der Waals surface area (Å²) >= 11 is 12.3. The molecule has 0 bridgehead atoms. The zero-order chi connectivity index (χ0) is 15.4. The maximum Gasteiger partial charge on any atom is 0.0636 e. The number of hydrogen-bond donors (Lipinski definition) is 1. The molecule has 2 rings (SSSR count). The largest absolute Gasteiger partial charge is 0.392 e. The van der Waals surface area contributed by atoms with Crippen LogP contribution in [0.1, 0.15) is 30.8 Å². The first-order chi connectivity index (χ1) is 10.0. The molecule has 2 aromatic rings. The number of aromatic nitrogens is 2. The van der Waals surface area contributed by atoms with Gasteiger partial charge in [-0.3, -0.25) is 4.68 Å². The predicted octanol–water partition coefficient (Wildman–Crippen LogP) is 3.92. The molecule has 0 aliphatic carbocycles. The third-order valence-electron chi connectivity index (χ3n) is 3.52. The summed E-state index contributed by atoms with van der Waals surface area (Å²) in [6.07, 6.45) is 1.35. The Morgan fingerprint density at radius 2 is 1.86 bits per heavy atom. The van der Waals surface area contributed by atoms with Gasteiger partial charge >= 0.3 is 0 Å². The minimum atomic E-state index is -0.533. The Bertz CT molecular complexity index is 590. The molecular weight excluding hydrogens is 307 g/mol. The van der Waals surface area contributed by atoms with Crippen LogP contribution in [-0.2, 0) is 25.8 Å². The number of benzene rings is 1. The Labute approximate surface area is 135 Å². The van der Waals surface area contributed by atoms with E-state index in [0.717, 1.165) is 29.9 Å². The van der Waals surface area contributed by atoms with Crippen molar-refractivity contribution in [1.82, 2.24) is 9.78 Å². The van der Waals surface area contributed by atoms with E-state index in [4.69, 9.17) is 23.2 Å². The van der Waals surface area contributed by atoms with Gasteiger partial charge in [0.15, 0.2) is 0 Å². The summed E-state index contributed by atoms with van der Waals surface area (Å²) in [5.41, 5.74) is 2.89. The van der Waals surface area contributed by atoms with Gasteiger partial charge in [0.25, 0.3) is 0 Å². The second-order valence-electron chi connectivity index (χ2n) is 5.06. The van der Waals surface area contributed by atoms with Crippen molar-refractivity contribution in [1.29, 1.82) is 0 Å². The Balaban J connectivity index is 2.11. The average Bonchev–Trinajstić information content (AvgIpc) is 2.85. The standard InChI is InChI=1S/C16H20Cl2N2O/c1-3-11-8-12(20(4-2)19-11)9-13(21)10-14-15(17)6-5-7-16(14)18/h5-8,13,21H,3-4,9-10H2,1-2H3. The van der Waals surface area contributed by atoms with Gasteiger partial charge in [-0.15, -0.1) is 0 Å². The van der Waals surface area contributed by atoms with Crippen LogP contribution in [-0.4, -0.2) is 21.0 Å². The minimum Gasteiger partial charge on any atom is -0.392 e. The molecule has 1 unspecified atom stereocenters. The molecule has 0 fully saturated rings. The summed E-state index contributed by atoms with van der Waals surface area (Å²) in [6.45, 7) is 4.92. The van der Waals surface area contributed by atoms with Crippen molar-refractivity contribution in [3.8, 4) is 0 Å². The molecule has 0 saturated heterocycles. The van der Waals surface area contributed by atoms with Crippen LogP contribution < -0.4 is 0 Å². The molecule has 1 aromatic heterocycles. The number of aryl methyl sites for hydroxylation is 2. The summed E-state index contributed by atoms with van der Waals surface area (Å²) in [4.78, 5) is 0. The van der Waals surface area contributed by atoms with Crippen molar-refractivity contribution in [2.45, 2.75) is 45.8 Å². The number of hydrogen-bond acceptors (Lipinski definition) is 2. The van der Waals surface area contributed by atoms with Gasteiger partial charge in [0.05, 0.1) is 11.8 Å². The topological polar surface area (TPSA) is 38.0 Å². The Kier molecular flexibility index (Phi) is 5.68. The highest BCUT2D eigenvalue weighted by Gasteiger charge is 2.15. The number of rotatable bonds is 6. The van der Waals surface area contributed by atoms with Crippen molar-refractivity contribution >= 4 is 23.2 Å². The second-order valence-corrected chi connectivity index (χ2v) is 5.87. The van der Waals surface area contributed by atoms with Crippen molar-refractivity contribution in [2.24, 2.45) is 0 Å². The predicted molar refractivity (Wildman–Crippen MR) is 87.2 cm³/mol. The fourth-order valence-corrected chi connectivity index (χ4v) is 2.95. The van der Waals surface area contributed by atoms with Crippen LogP contribution in [0.2, 0.25) is 10.0 Å². The Morgan fingerprint density at radius 1 is 1.19 bits per heavy atom. The summed E-state index contributed by atoms with van der Waals surface area (Å²) in [5.74, 6) is 0. The fourth-order valence-electron chi connectivity index (χ4n) is 2.40. The molecule has 5 heteroatoms. The molecule has 1 N–H and O–H groups in total. The molecule has 3 nitrogen and oxygen atoms in total. The second kappa shape index (κ2) is 7.30. The summed E-state index contributed by atoms with van der Waals surface area (Å²) in [7, 11) is 0. The lowest BCUT2D eigenvalue weighted by molar-refractivity contribution is 0.172. The lowest BCUT2D eigenvalue weighted by Gasteiger charge is -2.13. The van der Waals surface area contributed by atoms with Crippen LogP contribution >= 0.6 is 23.2 Å². The highest BCUT2D eigenvalue weighted by molar-refractivity contribution is 6.35. The van der Waals surface area contributed by atoms with Crippen molar-refractivity contribution in [3.63, 3.8) is 0 Å². The van der Waals surface area contributed by atoms with Gasteiger partial charge in [-0.25, -0.2) is 0 Å². The number of aliphatic hydroxyl groups excluding tert-OH is 1. The van der Waals surface area contributed by atoms with E-state index in [0.29, 0.717) is 22.9 Å². The molecule has 0 aliphatic rings. The fraction of sp³-hybridized carbons (Fsp3) is 0.438. The normalized spacial score (nSPS) is 12.6. The van der Waals surface area contributed by atoms with Crippen LogP contribution in [0.3, 0.4) is 0 Å². The van der Waals surface area contributed by atoms with Crippen molar-refractivity contribution < 1.29 is 5.11 Å². The van der Waals surface area contributed by atoms with E-state index in [2.05, 4.69) is 18.1 Å². The Hall–Kier alpha value is -1.03. The molecule has 1 atom stereocenters. The van der Waals surface area contributed by atoms with Gasteiger partial charge < -0.3 is 5.11 Å². The van der Waals surface area contributed by atoms with Crippen LogP contribution in [0, 0.1) is 0 Å². The highest BCUT2D eigenvalue weighted by Crippen LogP contribution is 2.26. The average molecular weight is 327 g/mol. The third-order valence-corrected chi connectivity index (χ3v) is 4.23. The first kappa shape index (κ1) is 16.3. The monoisotopic (exact) mass is 326 g/mol. The third kappa shape index (κ3) is 4.00. The van der Waals surface area contributed by atoms with E-state index in [1.807, 2.05) is 11.6 Å². The Morgan fingerprint density at radius 3 is 2.43 bits per heavy atom. The van der Waals surface area contributed by atoms with E-state index in [1.54, 1.807) is 18.2 Å². The first-order valence-electron chi connectivity index (χ1n) is 7.21. The highest BCUT2D eigenvalue weighted by atomic mass is 35.5. The van der Waals surface area contributed by atoms with E-state index in [-0.39, 0.29) is 0 Å². The van der Waals surface area contributed by atoms with Gasteiger partial charge in [0.1, 0.15) is 0 Å². The number of halogens is 2. The minimum absolute atomic E-state index is 0.439. The lowest BCUT2D eigenvalue weighted by atomic mass is 10.0. The van der Waals surface area contributed by atoms with Crippen LogP contribution in [0.15, 0.2) is 24.3 Å². The van der Waals surface area contributed by atoms with E-state index in [1.165, 1.54) is 0 Å². The SMILES string of the molecule is CCc1cc(CC(O)Cc2c(Cl)cccc2Cl)n(CC)n1. The molecular formula is C16H20Cl2N2O. The van der Waals surface area contributed by atoms with E-state index >= 15 is 0 Å². The maximum absolute atomic E-state index is 10.3. The van der Waals surface area contributed by atoms with Crippen LogP contribution in [0.25, 0.3) is 0 Å². The molecule has 1 heterocycles. The number of aliphatic hydroxyl groups is 1. The van der Waals surface area contributed by atoms with Gasteiger partial charge in [-0.2, -0.15) is 5.10 Å². The van der Waals surface area contributed by atoms with Gasteiger partial charge in [0, 0.05) is 35.1 Å². The zero-order valence-corrected chi connectivity index (χ0v) is 13.8. The molecule has 114 valence electrons. The molecule has 0 aliphatic heterocycles. The first-order valence-corrected chi connectivity index (χ1v) is 7.97. The molecule has 0 saturated carbocycles. The van der Waals surface area contributed by atoms with Crippen LogP contribution in [0.4, 0.5) is 0 Å². The molecule has 0 spiro atoms. The lowest BCUT2D eigenvalue weighted by Crippen LogP contribution is -2.17. The summed E-state index contributed by atoms with van der Waals surface area (Å²) in [5, 5.41) is 16.0. The van der Waals surface area contributed by atoms with Crippen LogP contribution in [0.5, 0.6) is 0 Å². The molecule has 0 radical (unpaired) electrons. The molecule has 21 heavy (non-hydrogen) atoms. The van der Waals surface area contributed by atoms with E-state index < -0.39 is 6.10 Å². The molecule has 0 amide bonds. The quantitative estimate of drug-likeness (QED) is 0.873. The number of nitrogens with zero attached hydrogens (tertiary/aromatic N) is 2.